The van der Waals surface area contributed by atoms with Gasteiger partial charge in [-0.2, -0.15) is 0 Å². The van der Waals surface area contributed by atoms with Crippen molar-refractivity contribution >= 4 is 21.9 Å². The standard InChI is InChI=1S/C6H12N2O5S/c1-13-6(10)5(9)8-3-2-4-14(7,11)12/h2-4H2,1H3,(H,8,9)(H2,7,11,12). The van der Waals surface area contributed by atoms with E-state index < -0.39 is 21.9 Å². The molecular formula is C6H12N2O5S. The summed E-state index contributed by atoms with van der Waals surface area (Å²) in [7, 11) is -2.44. The van der Waals surface area contributed by atoms with Crippen LogP contribution in [0.15, 0.2) is 0 Å². The Labute approximate surface area is 81.7 Å². The van der Waals surface area contributed by atoms with Crippen LogP contribution in [0.3, 0.4) is 0 Å². The molecule has 0 radical (unpaired) electrons. The summed E-state index contributed by atoms with van der Waals surface area (Å²) in [4.78, 5) is 21.3. The maximum Gasteiger partial charge on any atom is 0.396 e. The van der Waals surface area contributed by atoms with Crippen molar-refractivity contribution < 1.29 is 22.7 Å². The number of methoxy groups -OCH3 is 1. The van der Waals surface area contributed by atoms with E-state index in [1.807, 2.05) is 0 Å². The fourth-order valence-corrected chi connectivity index (χ4v) is 1.19. The van der Waals surface area contributed by atoms with Gasteiger partial charge in [0.05, 0.1) is 12.9 Å². The molecule has 0 bridgehead atoms. The van der Waals surface area contributed by atoms with Gasteiger partial charge in [-0.25, -0.2) is 18.4 Å². The van der Waals surface area contributed by atoms with Gasteiger partial charge in [0.2, 0.25) is 10.0 Å². The van der Waals surface area contributed by atoms with Crippen molar-refractivity contribution in [3.8, 4) is 0 Å². The Bertz CT molecular complexity index is 310. The lowest BCUT2D eigenvalue weighted by Crippen LogP contribution is -2.33. The summed E-state index contributed by atoms with van der Waals surface area (Å²) >= 11 is 0. The third-order valence-electron chi connectivity index (χ3n) is 1.26. The van der Waals surface area contributed by atoms with E-state index >= 15 is 0 Å². The van der Waals surface area contributed by atoms with Gasteiger partial charge in [0, 0.05) is 6.54 Å². The molecule has 0 saturated carbocycles. The van der Waals surface area contributed by atoms with Crippen molar-refractivity contribution in [3.05, 3.63) is 0 Å². The molecule has 7 nitrogen and oxygen atoms in total. The second kappa shape index (κ2) is 5.55. The van der Waals surface area contributed by atoms with Gasteiger partial charge in [-0.3, -0.25) is 4.79 Å². The summed E-state index contributed by atoms with van der Waals surface area (Å²) in [5.41, 5.74) is 0. The zero-order chi connectivity index (χ0) is 11.2. The molecule has 0 unspecified atom stereocenters. The number of nitrogens with one attached hydrogen (secondary N) is 1. The molecule has 0 aliphatic rings. The van der Waals surface area contributed by atoms with Gasteiger partial charge in [0.15, 0.2) is 0 Å². The molecule has 3 N–H and O–H groups in total. The number of carbonyl (C=O) groups is 2. The van der Waals surface area contributed by atoms with Crippen molar-refractivity contribution in [1.82, 2.24) is 5.32 Å². The molecule has 0 spiro atoms. The number of amides is 1. The molecular weight excluding hydrogens is 212 g/mol. The van der Waals surface area contributed by atoms with Crippen molar-refractivity contribution in [2.24, 2.45) is 5.14 Å². The molecule has 0 aromatic rings. The molecule has 14 heavy (non-hydrogen) atoms. The Morgan fingerprint density at radius 2 is 2.00 bits per heavy atom. The fourth-order valence-electron chi connectivity index (χ4n) is 0.640. The van der Waals surface area contributed by atoms with Crippen LogP contribution in [0.25, 0.3) is 0 Å². The summed E-state index contributed by atoms with van der Waals surface area (Å²) < 4.78 is 25.0. The maximum absolute atomic E-state index is 10.7. The lowest BCUT2D eigenvalue weighted by molar-refractivity contribution is -0.152. The van der Waals surface area contributed by atoms with Gasteiger partial charge < -0.3 is 10.1 Å². The molecule has 82 valence electrons. The van der Waals surface area contributed by atoms with Crippen LogP contribution in [-0.2, 0) is 24.3 Å². The van der Waals surface area contributed by atoms with Crippen molar-refractivity contribution in [2.75, 3.05) is 19.4 Å². The first-order chi connectivity index (χ1) is 6.37. The number of carbonyl (C=O) groups excluding carboxylic acids is 2. The summed E-state index contributed by atoms with van der Waals surface area (Å²) in [6.07, 6.45) is 0.154. The SMILES string of the molecule is COC(=O)C(=O)NCCCS(N)(=O)=O. The predicted octanol–water partition coefficient (Wildman–Crippen LogP) is -2.05. The summed E-state index contributed by atoms with van der Waals surface area (Å²) in [6.45, 7) is 0.0599. The molecule has 0 saturated heterocycles. The normalized spacial score (nSPS) is 10.7. The van der Waals surface area contributed by atoms with Crippen LogP contribution in [0.1, 0.15) is 6.42 Å². The Hall–Kier alpha value is -1.15. The zero-order valence-corrected chi connectivity index (χ0v) is 8.46. The number of rotatable bonds is 4. The minimum absolute atomic E-state index is 0.0599. The number of nitrogens with two attached hydrogens (primary N) is 1. The minimum atomic E-state index is -3.52. The topological polar surface area (TPSA) is 116 Å². The highest BCUT2D eigenvalue weighted by Crippen LogP contribution is 1.84. The van der Waals surface area contributed by atoms with E-state index in [1.165, 1.54) is 0 Å². The Morgan fingerprint density at radius 1 is 1.43 bits per heavy atom. The molecule has 0 aliphatic heterocycles. The number of hydrogen-bond acceptors (Lipinski definition) is 5. The average molecular weight is 224 g/mol. The maximum atomic E-state index is 10.7. The number of primary sulfonamides is 1. The number of ether oxygens (including phenoxy) is 1. The predicted molar refractivity (Wildman–Crippen MR) is 47.6 cm³/mol. The van der Waals surface area contributed by atoms with E-state index in [1.54, 1.807) is 0 Å². The van der Waals surface area contributed by atoms with E-state index in [9.17, 15) is 18.0 Å². The number of hydrogen-bond donors (Lipinski definition) is 2. The molecule has 0 fully saturated rings. The van der Waals surface area contributed by atoms with Gasteiger partial charge >= 0.3 is 11.9 Å². The fraction of sp³-hybridized carbons (Fsp3) is 0.667. The smallest absolute Gasteiger partial charge is 0.396 e. The third-order valence-corrected chi connectivity index (χ3v) is 2.12. The van der Waals surface area contributed by atoms with Gasteiger partial charge in [-0.15, -0.1) is 0 Å². The Morgan fingerprint density at radius 3 is 2.43 bits per heavy atom. The first-order valence-electron chi connectivity index (χ1n) is 3.73. The van der Waals surface area contributed by atoms with Gasteiger partial charge in [0.25, 0.3) is 0 Å². The van der Waals surface area contributed by atoms with Crippen LogP contribution in [0.5, 0.6) is 0 Å². The summed E-state index contributed by atoms with van der Waals surface area (Å²) in [5, 5.41) is 6.88. The molecule has 0 atom stereocenters. The number of esters is 1. The van der Waals surface area contributed by atoms with Crippen LogP contribution in [0.4, 0.5) is 0 Å². The minimum Gasteiger partial charge on any atom is -0.462 e. The number of sulfonamides is 1. The van der Waals surface area contributed by atoms with Crippen LogP contribution in [0.2, 0.25) is 0 Å². The molecule has 0 aromatic carbocycles. The van der Waals surface area contributed by atoms with Crippen LogP contribution < -0.4 is 10.5 Å². The monoisotopic (exact) mass is 224 g/mol. The van der Waals surface area contributed by atoms with E-state index in [-0.39, 0.29) is 18.7 Å². The first-order valence-corrected chi connectivity index (χ1v) is 5.45. The molecule has 8 heteroatoms. The van der Waals surface area contributed by atoms with Crippen molar-refractivity contribution in [3.63, 3.8) is 0 Å². The van der Waals surface area contributed by atoms with Crippen LogP contribution in [-0.4, -0.2) is 39.7 Å². The van der Waals surface area contributed by atoms with E-state index in [0.29, 0.717) is 0 Å². The largest absolute Gasteiger partial charge is 0.462 e. The van der Waals surface area contributed by atoms with Gasteiger partial charge in [-0.05, 0) is 6.42 Å². The Kier molecular flexibility index (Phi) is 5.10. The van der Waals surface area contributed by atoms with E-state index in [2.05, 4.69) is 10.1 Å². The average Bonchev–Trinajstić information content (AvgIpc) is 2.09. The lowest BCUT2D eigenvalue weighted by atomic mass is 10.4. The first kappa shape index (κ1) is 12.8. The van der Waals surface area contributed by atoms with Gasteiger partial charge in [-0.1, -0.05) is 0 Å². The summed E-state index contributed by atoms with van der Waals surface area (Å²) in [5.74, 6) is -2.16. The third kappa shape index (κ3) is 6.38. The van der Waals surface area contributed by atoms with Crippen LogP contribution in [0, 0.1) is 0 Å². The summed E-state index contributed by atoms with van der Waals surface area (Å²) in [6, 6.07) is 0. The molecule has 0 heterocycles. The molecule has 1 amide bonds. The Balaban J connectivity index is 3.66. The second-order valence-electron chi connectivity index (χ2n) is 2.47. The van der Waals surface area contributed by atoms with E-state index in [0.717, 1.165) is 7.11 Å². The van der Waals surface area contributed by atoms with Gasteiger partial charge in [0.1, 0.15) is 0 Å². The molecule has 0 aromatic heterocycles. The van der Waals surface area contributed by atoms with Crippen molar-refractivity contribution in [1.29, 1.82) is 0 Å². The van der Waals surface area contributed by atoms with Crippen molar-refractivity contribution in [2.45, 2.75) is 6.42 Å². The van der Waals surface area contributed by atoms with E-state index in [4.69, 9.17) is 5.14 Å². The quantitative estimate of drug-likeness (QED) is 0.324. The highest BCUT2D eigenvalue weighted by atomic mass is 32.2. The highest BCUT2D eigenvalue weighted by Gasteiger charge is 2.12. The highest BCUT2D eigenvalue weighted by molar-refractivity contribution is 7.89. The lowest BCUT2D eigenvalue weighted by Gasteiger charge is -2.02. The zero-order valence-electron chi connectivity index (χ0n) is 7.65. The molecule has 0 rings (SSSR count). The van der Waals surface area contributed by atoms with Crippen LogP contribution >= 0.6 is 0 Å². The second-order valence-corrected chi connectivity index (χ2v) is 4.20. The molecule has 0 aliphatic carbocycles.